The van der Waals surface area contributed by atoms with Crippen LogP contribution < -0.4 is 5.32 Å². The molecular formula is C17H23N3O. The highest BCUT2D eigenvalue weighted by Crippen LogP contribution is 2.31. The second kappa shape index (κ2) is 6.96. The van der Waals surface area contributed by atoms with E-state index in [1.165, 1.54) is 12.0 Å². The summed E-state index contributed by atoms with van der Waals surface area (Å²) in [7, 11) is 0. The molecule has 1 aliphatic heterocycles. The lowest BCUT2D eigenvalue weighted by atomic mass is 9.88. The summed E-state index contributed by atoms with van der Waals surface area (Å²) in [6, 6.07) is 6.58. The van der Waals surface area contributed by atoms with Crippen molar-refractivity contribution in [2.45, 2.75) is 32.2 Å². The summed E-state index contributed by atoms with van der Waals surface area (Å²) in [5.41, 5.74) is 3.23. The maximum absolute atomic E-state index is 5.70. The molecule has 2 atom stereocenters. The van der Waals surface area contributed by atoms with Crippen molar-refractivity contribution in [1.82, 2.24) is 15.3 Å². The van der Waals surface area contributed by atoms with Gasteiger partial charge in [-0.2, -0.15) is 0 Å². The van der Waals surface area contributed by atoms with E-state index in [0.29, 0.717) is 12.0 Å². The van der Waals surface area contributed by atoms with Gasteiger partial charge in [0.1, 0.15) is 0 Å². The number of hydrogen-bond acceptors (Lipinski definition) is 4. The van der Waals surface area contributed by atoms with Crippen LogP contribution in [0.3, 0.4) is 0 Å². The summed E-state index contributed by atoms with van der Waals surface area (Å²) in [4.78, 5) is 8.99. The Bertz CT molecular complexity index is 576. The van der Waals surface area contributed by atoms with Crippen molar-refractivity contribution in [3.8, 4) is 0 Å². The molecule has 0 bridgehead atoms. The quantitative estimate of drug-likeness (QED) is 0.917. The second-order valence-electron chi connectivity index (χ2n) is 5.68. The summed E-state index contributed by atoms with van der Waals surface area (Å²) in [6.07, 6.45) is 7.01. The van der Waals surface area contributed by atoms with Crippen molar-refractivity contribution in [1.29, 1.82) is 0 Å². The number of rotatable bonds is 5. The minimum absolute atomic E-state index is 0.297. The summed E-state index contributed by atoms with van der Waals surface area (Å²) in [5, 5.41) is 3.70. The Kier molecular flexibility index (Phi) is 4.78. The van der Waals surface area contributed by atoms with E-state index >= 15 is 0 Å². The Balaban J connectivity index is 1.96. The smallest absolute Gasteiger partial charge is 0.0934 e. The highest BCUT2D eigenvalue weighted by molar-refractivity contribution is 5.78. The van der Waals surface area contributed by atoms with Crippen LogP contribution in [0.25, 0.3) is 11.0 Å². The van der Waals surface area contributed by atoms with E-state index in [0.717, 1.165) is 43.6 Å². The zero-order valence-corrected chi connectivity index (χ0v) is 12.6. The standard InChI is InChI=1S/C17H23N3O/c1-2-8-19-16(13-5-4-11-21-12-13)14-6-3-7-15-17(14)20-10-9-18-15/h3,6-7,9-10,13,16,19H,2,4-5,8,11-12H2,1H3. The van der Waals surface area contributed by atoms with Crippen molar-refractivity contribution < 1.29 is 4.74 Å². The molecule has 0 spiro atoms. The van der Waals surface area contributed by atoms with Crippen molar-refractivity contribution >= 4 is 11.0 Å². The molecule has 1 aromatic heterocycles. The third-order valence-electron chi connectivity index (χ3n) is 4.15. The maximum atomic E-state index is 5.70. The van der Waals surface area contributed by atoms with E-state index in [4.69, 9.17) is 4.74 Å². The van der Waals surface area contributed by atoms with Gasteiger partial charge in [0, 0.05) is 31.0 Å². The molecule has 21 heavy (non-hydrogen) atoms. The summed E-state index contributed by atoms with van der Waals surface area (Å²) in [5.74, 6) is 0.512. The van der Waals surface area contributed by atoms with Crippen molar-refractivity contribution in [3.05, 3.63) is 36.2 Å². The van der Waals surface area contributed by atoms with Crippen molar-refractivity contribution in [3.63, 3.8) is 0 Å². The lowest BCUT2D eigenvalue weighted by molar-refractivity contribution is 0.0392. The normalized spacial score (nSPS) is 20.5. The first-order chi connectivity index (χ1) is 10.4. The van der Waals surface area contributed by atoms with E-state index in [-0.39, 0.29) is 0 Å². The summed E-state index contributed by atoms with van der Waals surface area (Å²) in [6.45, 7) is 4.94. The van der Waals surface area contributed by atoms with Crippen LogP contribution in [0.4, 0.5) is 0 Å². The third kappa shape index (κ3) is 3.22. The number of hydrogen-bond donors (Lipinski definition) is 1. The monoisotopic (exact) mass is 285 g/mol. The van der Waals surface area contributed by atoms with Crippen molar-refractivity contribution in [2.75, 3.05) is 19.8 Å². The molecule has 2 aromatic rings. The minimum atomic E-state index is 0.297. The summed E-state index contributed by atoms with van der Waals surface area (Å²) >= 11 is 0. The molecule has 112 valence electrons. The van der Waals surface area contributed by atoms with Crippen LogP contribution in [0.2, 0.25) is 0 Å². The molecule has 2 unspecified atom stereocenters. The van der Waals surface area contributed by atoms with Gasteiger partial charge in [0.2, 0.25) is 0 Å². The minimum Gasteiger partial charge on any atom is -0.381 e. The van der Waals surface area contributed by atoms with Gasteiger partial charge < -0.3 is 10.1 Å². The fourth-order valence-electron chi connectivity index (χ4n) is 3.12. The molecule has 0 aliphatic carbocycles. The fourth-order valence-corrected chi connectivity index (χ4v) is 3.12. The molecule has 1 aromatic carbocycles. The number of ether oxygens (including phenoxy) is 1. The van der Waals surface area contributed by atoms with Crippen LogP contribution in [0, 0.1) is 5.92 Å². The number of fused-ring (bicyclic) bond motifs is 1. The molecular weight excluding hydrogens is 262 g/mol. The Morgan fingerprint density at radius 2 is 2.24 bits per heavy atom. The SMILES string of the molecule is CCCNC(c1cccc2nccnc12)C1CCCOC1. The van der Waals surface area contributed by atoms with Gasteiger partial charge in [-0.05, 0) is 37.4 Å². The highest BCUT2D eigenvalue weighted by Gasteiger charge is 2.26. The lowest BCUT2D eigenvalue weighted by Gasteiger charge is -2.31. The van der Waals surface area contributed by atoms with Crippen LogP contribution >= 0.6 is 0 Å². The number of nitrogens with zero attached hydrogens (tertiary/aromatic N) is 2. The molecule has 1 fully saturated rings. The Morgan fingerprint density at radius 1 is 1.33 bits per heavy atom. The average molecular weight is 285 g/mol. The third-order valence-corrected chi connectivity index (χ3v) is 4.15. The van der Waals surface area contributed by atoms with Crippen LogP contribution in [0.5, 0.6) is 0 Å². The summed E-state index contributed by atoms with van der Waals surface area (Å²) < 4.78 is 5.70. The number of nitrogens with one attached hydrogen (secondary N) is 1. The van der Waals surface area contributed by atoms with Gasteiger partial charge in [-0.25, -0.2) is 0 Å². The molecule has 0 amide bonds. The van der Waals surface area contributed by atoms with E-state index in [1.807, 2.05) is 6.07 Å². The molecule has 3 rings (SSSR count). The first-order valence-electron chi connectivity index (χ1n) is 7.91. The molecule has 1 aliphatic rings. The van der Waals surface area contributed by atoms with Gasteiger partial charge in [-0.1, -0.05) is 19.1 Å². The van der Waals surface area contributed by atoms with Gasteiger partial charge in [0.05, 0.1) is 17.6 Å². The zero-order chi connectivity index (χ0) is 14.5. The van der Waals surface area contributed by atoms with E-state index < -0.39 is 0 Å². The van der Waals surface area contributed by atoms with Gasteiger partial charge in [-0.3, -0.25) is 9.97 Å². The Morgan fingerprint density at radius 3 is 3.05 bits per heavy atom. The number of aromatic nitrogens is 2. The molecule has 0 radical (unpaired) electrons. The molecule has 4 nitrogen and oxygen atoms in total. The largest absolute Gasteiger partial charge is 0.381 e. The highest BCUT2D eigenvalue weighted by atomic mass is 16.5. The zero-order valence-electron chi connectivity index (χ0n) is 12.6. The Labute approximate surface area is 125 Å². The predicted octanol–water partition coefficient (Wildman–Crippen LogP) is 3.10. The van der Waals surface area contributed by atoms with Crippen LogP contribution in [-0.4, -0.2) is 29.7 Å². The molecule has 0 saturated carbocycles. The topological polar surface area (TPSA) is 47.0 Å². The first-order valence-corrected chi connectivity index (χ1v) is 7.91. The van der Waals surface area contributed by atoms with E-state index in [1.54, 1.807) is 12.4 Å². The maximum Gasteiger partial charge on any atom is 0.0934 e. The van der Waals surface area contributed by atoms with Crippen LogP contribution in [0.15, 0.2) is 30.6 Å². The lowest BCUT2D eigenvalue weighted by Crippen LogP contribution is -2.34. The van der Waals surface area contributed by atoms with Crippen LogP contribution in [0.1, 0.15) is 37.8 Å². The second-order valence-corrected chi connectivity index (χ2v) is 5.68. The fraction of sp³-hybridized carbons (Fsp3) is 0.529. The van der Waals surface area contributed by atoms with E-state index in [9.17, 15) is 0 Å². The number of para-hydroxylation sites is 1. The first kappa shape index (κ1) is 14.4. The Hall–Kier alpha value is -1.52. The molecule has 4 heteroatoms. The predicted molar refractivity (Wildman–Crippen MR) is 84.1 cm³/mol. The van der Waals surface area contributed by atoms with Crippen LogP contribution in [-0.2, 0) is 4.74 Å². The molecule has 2 heterocycles. The van der Waals surface area contributed by atoms with Gasteiger partial charge in [0.15, 0.2) is 0 Å². The van der Waals surface area contributed by atoms with Gasteiger partial charge in [0.25, 0.3) is 0 Å². The molecule has 1 saturated heterocycles. The van der Waals surface area contributed by atoms with Gasteiger partial charge >= 0.3 is 0 Å². The van der Waals surface area contributed by atoms with E-state index in [2.05, 4.69) is 34.3 Å². The number of benzene rings is 1. The molecule has 1 N–H and O–H groups in total. The van der Waals surface area contributed by atoms with Crippen molar-refractivity contribution in [2.24, 2.45) is 5.92 Å². The van der Waals surface area contributed by atoms with Gasteiger partial charge in [-0.15, -0.1) is 0 Å². The average Bonchev–Trinajstić information content (AvgIpc) is 2.56.